The highest BCUT2D eigenvalue weighted by Gasteiger charge is 2.33. The number of anilines is 1. The molecule has 3 rings (SSSR count). The van der Waals surface area contributed by atoms with Crippen molar-refractivity contribution in [2.75, 3.05) is 11.9 Å². The zero-order valence-corrected chi connectivity index (χ0v) is 16.7. The molecule has 1 aromatic heterocycles. The minimum atomic E-state index is -4.78. The molecule has 0 atom stereocenters. The number of amides is 1. The van der Waals surface area contributed by atoms with Gasteiger partial charge in [-0.05, 0) is 42.5 Å². The summed E-state index contributed by atoms with van der Waals surface area (Å²) < 4.78 is 93.8. The lowest BCUT2D eigenvalue weighted by Gasteiger charge is -2.16. The lowest BCUT2D eigenvalue weighted by Crippen LogP contribution is -2.21. The van der Waals surface area contributed by atoms with Crippen LogP contribution in [0, 0.1) is 5.82 Å². The number of halogens is 7. The second kappa shape index (κ2) is 9.15. The zero-order valence-electron chi connectivity index (χ0n) is 15.9. The second-order valence-electron chi connectivity index (χ2n) is 6.49. The van der Waals surface area contributed by atoms with Crippen LogP contribution in [-0.2, 0) is 17.4 Å². The molecule has 1 N–H and O–H groups in total. The van der Waals surface area contributed by atoms with Crippen molar-refractivity contribution >= 4 is 22.9 Å². The van der Waals surface area contributed by atoms with E-state index >= 15 is 0 Å². The number of benzene rings is 2. The molecule has 0 spiro atoms. The number of aromatic nitrogens is 1. The maximum absolute atomic E-state index is 13.0. The maximum atomic E-state index is 13.0. The van der Waals surface area contributed by atoms with E-state index in [9.17, 15) is 35.5 Å². The third-order valence-electron chi connectivity index (χ3n) is 3.96. The molecule has 0 unspecified atom stereocenters. The monoisotopic (exact) mass is 478 g/mol. The number of nitrogens with zero attached hydrogens (tertiary/aromatic N) is 1. The molecule has 1 heterocycles. The highest BCUT2D eigenvalue weighted by Crippen LogP contribution is 2.36. The van der Waals surface area contributed by atoms with Gasteiger partial charge in [0.1, 0.15) is 16.6 Å². The first-order valence-corrected chi connectivity index (χ1v) is 9.70. The molecule has 0 aliphatic carbocycles. The number of rotatable bonds is 6. The average Bonchev–Trinajstić information content (AvgIpc) is 3.14. The summed E-state index contributed by atoms with van der Waals surface area (Å²) in [6.07, 6.45) is -9.85. The van der Waals surface area contributed by atoms with Crippen LogP contribution in [0.25, 0.3) is 10.6 Å². The summed E-state index contributed by atoms with van der Waals surface area (Å²) in [7, 11) is 0. The highest BCUT2D eigenvalue weighted by atomic mass is 32.1. The SMILES string of the molecule is O=C(Cc1csc(-c2ccc(F)cc2)n1)Nc1cc(C(F)(F)F)ccc1OCC(F)(F)F. The van der Waals surface area contributed by atoms with Crippen molar-refractivity contribution in [3.05, 3.63) is 64.9 Å². The van der Waals surface area contributed by atoms with Crippen LogP contribution >= 0.6 is 11.3 Å². The number of alkyl halides is 6. The minimum Gasteiger partial charge on any atom is -0.482 e. The first kappa shape index (κ1) is 23.5. The molecule has 0 aliphatic heterocycles. The van der Waals surface area contributed by atoms with E-state index in [1.807, 2.05) is 0 Å². The second-order valence-corrected chi connectivity index (χ2v) is 7.35. The maximum Gasteiger partial charge on any atom is 0.422 e. The Hall–Kier alpha value is -3.15. The molecule has 2 aromatic carbocycles. The normalized spacial score (nSPS) is 12.0. The van der Waals surface area contributed by atoms with Crippen molar-refractivity contribution < 1.29 is 40.3 Å². The van der Waals surface area contributed by atoms with E-state index in [0.717, 1.165) is 11.3 Å². The zero-order chi connectivity index (χ0) is 23.5. The van der Waals surface area contributed by atoms with E-state index in [1.165, 1.54) is 29.6 Å². The van der Waals surface area contributed by atoms with Gasteiger partial charge < -0.3 is 10.1 Å². The summed E-state index contributed by atoms with van der Waals surface area (Å²) in [5, 5.41) is 4.17. The van der Waals surface area contributed by atoms with Crippen LogP contribution in [0.5, 0.6) is 5.75 Å². The lowest BCUT2D eigenvalue weighted by atomic mass is 10.1. The van der Waals surface area contributed by atoms with Crippen LogP contribution in [0.1, 0.15) is 11.3 Å². The summed E-state index contributed by atoms with van der Waals surface area (Å²) in [5.41, 5.74) is -0.845. The van der Waals surface area contributed by atoms with Gasteiger partial charge in [0.2, 0.25) is 5.91 Å². The van der Waals surface area contributed by atoms with Gasteiger partial charge in [0.05, 0.1) is 23.4 Å². The van der Waals surface area contributed by atoms with Crippen molar-refractivity contribution in [2.45, 2.75) is 18.8 Å². The average molecular weight is 478 g/mol. The van der Waals surface area contributed by atoms with Crippen LogP contribution in [0.4, 0.5) is 36.4 Å². The molecule has 12 heteroatoms. The molecule has 0 saturated carbocycles. The van der Waals surface area contributed by atoms with E-state index in [4.69, 9.17) is 0 Å². The van der Waals surface area contributed by atoms with E-state index < -0.39 is 47.7 Å². The number of hydrogen-bond donors (Lipinski definition) is 1. The topological polar surface area (TPSA) is 51.2 Å². The summed E-state index contributed by atoms with van der Waals surface area (Å²) in [4.78, 5) is 16.5. The lowest BCUT2D eigenvalue weighted by molar-refractivity contribution is -0.153. The Kier molecular flexibility index (Phi) is 6.72. The number of carbonyl (C=O) groups is 1. The van der Waals surface area contributed by atoms with Crippen molar-refractivity contribution in [1.29, 1.82) is 0 Å². The Labute approximate surface area is 180 Å². The predicted molar refractivity (Wildman–Crippen MR) is 103 cm³/mol. The number of hydrogen-bond acceptors (Lipinski definition) is 4. The third-order valence-corrected chi connectivity index (χ3v) is 4.90. The molecule has 0 radical (unpaired) electrons. The van der Waals surface area contributed by atoms with Gasteiger partial charge in [0.25, 0.3) is 0 Å². The van der Waals surface area contributed by atoms with Gasteiger partial charge in [-0.3, -0.25) is 4.79 Å². The van der Waals surface area contributed by atoms with E-state index in [1.54, 1.807) is 0 Å². The predicted octanol–water partition coefficient (Wildman–Crippen LogP) is 6.09. The van der Waals surface area contributed by atoms with Gasteiger partial charge >= 0.3 is 12.4 Å². The van der Waals surface area contributed by atoms with Crippen molar-refractivity contribution in [1.82, 2.24) is 4.98 Å². The molecule has 0 aliphatic rings. The first-order valence-electron chi connectivity index (χ1n) is 8.82. The number of ether oxygens (including phenoxy) is 1. The summed E-state index contributed by atoms with van der Waals surface area (Å²) in [6, 6.07) is 7.21. The molecule has 3 aromatic rings. The van der Waals surface area contributed by atoms with E-state index in [2.05, 4.69) is 15.0 Å². The number of nitrogens with one attached hydrogen (secondary N) is 1. The standard InChI is InChI=1S/C20H13F7N2O2S/c21-13-4-1-11(2-5-13)18-28-14(9-32-18)8-17(30)29-15-7-12(20(25,26)27)3-6-16(15)31-10-19(22,23)24/h1-7,9H,8,10H2,(H,29,30). The fraction of sp³-hybridized carbons (Fsp3) is 0.200. The first-order chi connectivity index (χ1) is 14.9. The number of carbonyl (C=O) groups excluding carboxylic acids is 1. The van der Waals surface area contributed by atoms with Crippen molar-refractivity contribution in [2.24, 2.45) is 0 Å². The summed E-state index contributed by atoms with van der Waals surface area (Å²) in [5.74, 6) is -1.80. The van der Waals surface area contributed by atoms with Gasteiger partial charge in [-0.25, -0.2) is 9.37 Å². The van der Waals surface area contributed by atoms with Crippen molar-refractivity contribution in [3.8, 4) is 16.3 Å². The van der Waals surface area contributed by atoms with Gasteiger partial charge in [-0.15, -0.1) is 11.3 Å². The molecule has 170 valence electrons. The highest BCUT2D eigenvalue weighted by molar-refractivity contribution is 7.13. The molecule has 0 bridgehead atoms. The smallest absolute Gasteiger partial charge is 0.422 e. The van der Waals surface area contributed by atoms with Crippen LogP contribution in [0.3, 0.4) is 0 Å². The van der Waals surface area contributed by atoms with Crippen molar-refractivity contribution in [3.63, 3.8) is 0 Å². The fourth-order valence-corrected chi connectivity index (χ4v) is 3.39. The molecule has 1 amide bonds. The molecule has 32 heavy (non-hydrogen) atoms. The van der Waals surface area contributed by atoms with Gasteiger partial charge in [-0.1, -0.05) is 0 Å². The van der Waals surface area contributed by atoms with Gasteiger partial charge in [0.15, 0.2) is 6.61 Å². The summed E-state index contributed by atoms with van der Waals surface area (Å²) in [6.45, 7) is -1.74. The Bertz CT molecular complexity index is 1090. The Morgan fingerprint density at radius 1 is 1.03 bits per heavy atom. The van der Waals surface area contributed by atoms with E-state index in [-0.39, 0.29) is 12.1 Å². The minimum absolute atomic E-state index is 0.275. The van der Waals surface area contributed by atoms with Crippen LogP contribution in [-0.4, -0.2) is 23.7 Å². The molecule has 0 fully saturated rings. The molecule has 4 nitrogen and oxygen atoms in total. The van der Waals surface area contributed by atoms with Gasteiger partial charge in [-0.2, -0.15) is 26.3 Å². The van der Waals surface area contributed by atoms with Crippen LogP contribution in [0.2, 0.25) is 0 Å². The van der Waals surface area contributed by atoms with E-state index in [0.29, 0.717) is 28.8 Å². The van der Waals surface area contributed by atoms with Crippen LogP contribution < -0.4 is 10.1 Å². The summed E-state index contributed by atoms with van der Waals surface area (Å²) >= 11 is 1.16. The Morgan fingerprint density at radius 3 is 2.34 bits per heavy atom. The Morgan fingerprint density at radius 2 is 1.72 bits per heavy atom. The third kappa shape index (κ3) is 6.42. The molecular weight excluding hydrogens is 465 g/mol. The molecule has 0 saturated heterocycles. The molecular formula is C20H13F7N2O2S. The largest absolute Gasteiger partial charge is 0.482 e. The van der Waals surface area contributed by atoms with Crippen LogP contribution in [0.15, 0.2) is 47.8 Å². The fourth-order valence-electron chi connectivity index (χ4n) is 2.56. The number of thiazole rings is 1. The Balaban J connectivity index is 1.76. The quantitative estimate of drug-likeness (QED) is 0.437. The van der Waals surface area contributed by atoms with Gasteiger partial charge in [0, 0.05) is 10.9 Å².